The Morgan fingerprint density at radius 3 is 2.58 bits per heavy atom. The summed E-state index contributed by atoms with van der Waals surface area (Å²) in [7, 11) is 0. The topological polar surface area (TPSA) is 55.7 Å². The molecule has 7 heteroatoms. The van der Waals surface area contributed by atoms with Crippen LogP contribution in [0.4, 0.5) is 5.13 Å². The van der Waals surface area contributed by atoms with Gasteiger partial charge in [-0.25, -0.2) is 4.98 Å². The monoisotopic (exact) mass is 477 g/mol. The largest absolute Gasteiger partial charge is 0.490 e. The summed E-state index contributed by atoms with van der Waals surface area (Å²) in [4.78, 5) is 5.81. The molecule has 3 aromatic carbocycles. The Hall–Kier alpha value is -3.35. The third kappa shape index (κ3) is 5.92. The van der Waals surface area contributed by atoms with Gasteiger partial charge in [-0.3, -0.25) is 5.43 Å². The van der Waals surface area contributed by atoms with Gasteiger partial charge in [-0.15, -0.1) is 11.3 Å². The Morgan fingerprint density at radius 1 is 1.00 bits per heavy atom. The Labute approximate surface area is 202 Å². The van der Waals surface area contributed by atoms with Crippen molar-refractivity contribution < 1.29 is 9.47 Å². The van der Waals surface area contributed by atoms with E-state index in [4.69, 9.17) is 21.1 Å². The SMILES string of the molecule is CCOc1cc(/C=N\Nc2nc(-c3ccccc3)c(C)s2)ccc1OCc1ccccc1Cl. The molecule has 0 bridgehead atoms. The first-order valence-corrected chi connectivity index (χ1v) is 11.8. The van der Waals surface area contributed by atoms with Crippen molar-refractivity contribution in [3.05, 3.63) is 93.8 Å². The molecule has 33 heavy (non-hydrogen) atoms. The summed E-state index contributed by atoms with van der Waals surface area (Å²) < 4.78 is 11.7. The molecule has 0 saturated heterocycles. The normalized spacial score (nSPS) is 11.0. The highest BCUT2D eigenvalue weighted by atomic mass is 35.5. The summed E-state index contributed by atoms with van der Waals surface area (Å²) in [6.07, 6.45) is 1.74. The van der Waals surface area contributed by atoms with Crippen molar-refractivity contribution in [2.45, 2.75) is 20.5 Å². The maximum atomic E-state index is 6.23. The number of aromatic nitrogens is 1. The molecule has 0 aliphatic carbocycles. The fourth-order valence-electron chi connectivity index (χ4n) is 3.23. The molecule has 0 atom stereocenters. The van der Waals surface area contributed by atoms with Gasteiger partial charge in [0.05, 0.1) is 18.5 Å². The Bertz CT molecular complexity index is 1240. The Morgan fingerprint density at radius 2 is 1.79 bits per heavy atom. The number of ether oxygens (including phenoxy) is 2. The van der Waals surface area contributed by atoms with E-state index in [0.717, 1.165) is 32.4 Å². The lowest BCUT2D eigenvalue weighted by molar-refractivity contribution is 0.269. The number of thiazole rings is 1. The number of anilines is 1. The minimum absolute atomic E-state index is 0.363. The first kappa shape index (κ1) is 22.8. The molecular formula is C26H24ClN3O2S. The molecule has 0 saturated carbocycles. The molecule has 1 aromatic heterocycles. The van der Waals surface area contributed by atoms with Crippen LogP contribution in [0.3, 0.4) is 0 Å². The lowest BCUT2D eigenvalue weighted by atomic mass is 10.1. The van der Waals surface area contributed by atoms with E-state index in [0.29, 0.717) is 29.7 Å². The quantitative estimate of drug-likeness (QED) is 0.204. The van der Waals surface area contributed by atoms with Crippen LogP contribution in [0, 0.1) is 6.92 Å². The average molecular weight is 478 g/mol. The van der Waals surface area contributed by atoms with Gasteiger partial charge in [-0.1, -0.05) is 60.1 Å². The Kier molecular flexibility index (Phi) is 7.60. The van der Waals surface area contributed by atoms with Crippen LogP contribution in [-0.4, -0.2) is 17.8 Å². The van der Waals surface area contributed by atoms with Gasteiger partial charge in [0, 0.05) is 21.0 Å². The molecule has 5 nitrogen and oxygen atoms in total. The molecule has 0 unspecified atom stereocenters. The van der Waals surface area contributed by atoms with E-state index in [-0.39, 0.29) is 0 Å². The summed E-state index contributed by atoms with van der Waals surface area (Å²) in [6.45, 7) is 4.89. The van der Waals surface area contributed by atoms with Crippen molar-refractivity contribution in [1.29, 1.82) is 0 Å². The average Bonchev–Trinajstić information content (AvgIpc) is 3.20. The first-order chi connectivity index (χ1) is 16.1. The minimum Gasteiger partial charge on any atom is -0.490 e. The van der Waals surface area contributed by atoms with Crippen LogP contribution in [-0.2, 0) is 6.61 Å². The van der Waals surface area contributed by atoms with Gasteiger partial charge in [0.2, 0.25) is 5.13 Å². The number of benzene rings is 3. The minimum atomic E-state index is 0.363. The molecular weight excluding hydrogens is 454 g/mol. The second-order valence-corrected chi connectivity index (χ2v) is 8.79. The van der Waals surface area contributed by atoms with E-state index < -0.39 is 0 Å². The zero-order valence-corrected chi connectivity index (χ0v) is 20.0. The molecule has 0 aliphatic rings. The standard InChI is InChI=1S/C26H24ClN3O2S/c1-3-31-24-15-19(13-14-23(24)32-17-21-11-7-8-12-22(21)27)16-28-30-26-29-25(18(2)33-26)20-9-5-4-6-10-20/h4-16H,3,17H2,1-2H3,(H,29,30)/b28-16-. The molecule has 4 aromatic rings. The number of aryl methyl sites for hydroxylation is 1. The fraction of sp³-hybridized carbons (Fsp3) is 0.154. The number of nitrogens with one attached hydrogen (secondary N) is 1. The van der Waals surface area contributed by atoms with Crippen molar-refractivity contribution in [3.8, 4) is 22.8 Å². The predicted octanol–water partition coefficient (Wildman–Crippen LogP) is 7.20. The van der Waals surface area contributed by atoms with E-state index in [2.05, 4.69) is 34.6 Å². The van der Waals surface area contributed by atoms with Crippen molar-refractivity contribution in [2.24, 2.45) is 5.10 Å². The van der Waals surface area contributed by atoms with Gasteiger partial charge in [-0.05, 0) is 43.7 Å². The van der Waals surface area contributed by atoms with Crippen molar-refractivity contribution in [1.82, 2.24) is 4.98 Å². The van der Waals surface area contributed by atoms with Gasteiger partial charge in [-0.2, -0.15) is 5.10 Å². The molecule has 168 valence electrons. The van der Waals surface area contributed by atoms with E-state index >= 15 is 0 Å². The van der Waals surface area contributed by atoms with Gasteiger partial charge in [0.1, 0.15) is 6.61 Å². The predicted molar refractivity (Wildman–Crippen MR) is 137 cm³/mol. The number of halogens is 1. The number of rotatable bonds is 9. The number of hydrazone groups is 1. The van der Waals surface area contributed by atoms with E-state index in [1.165, 1.54) is 0 Å². The van der Waals surface area contributed by atoms with Crippen LogP contribution in [0.25, 0.3) is 11.3 Å². The second-order valence-electron chi connectivity index (χ2n) is 7.18. The maximum Gasteiger partial charge on any atom is 0.204 e. The van der Waals surface area contributed by atoms with Crippen molar-refractivity contribution in [2.75, 3.05) is 12.0 Å². The van der Waals surface area contributed by atoms with E-state index in [1.807, 2.05) is 67.6 Å². The highest BCUT2D eigenvalue weighted by Crippen LogP contribution is 2.31. The number of hydrogen-bond acceptors (Lipinski definition) is 6. The van der Waals surface area contributed by atoms with E-state index in [9.17, 15) is 0 Å². The molecule has 0 aliphatic heterocycles. The van der Waals surface area contributed by atoms with Crippen LogP contribution >= 0.6 is 22.9 Å². The molecule has 1 heterocycles. The lowest BCUT2D eigenvalue weighted by Crippen LogP contribution is -2.01. The second kappa shape index (κ2) is 11.0. The molecule has 4 rings (SSSR count). The molecule has 0 fully saturated rings. The summed E-state index contributed by atoms with van der Waals surface area (Å²) >= 11 is 7.80. The highest BCUT2D eigenvalue weighted by molar-refractivity contribution is 7.16. The zero-order valence-electron chi connectivity index (χ0n) is 18.4. The molecule has 0 radical (unpaired) electrons. The van der Waals surface area contributed by atoms with Crippen LogP contribution in [0.5, 0.6) is 11.5 Å². The van der Waals surface area contributed by atoms with E-state index in [1.54, 1.807) is 17.6 Å². The molecule has 0 spiro atoms. The number of hydrogen-bond donors (Lipinski definition) is 1. The van der Waals surface area contributed by atoms with Gasteiger partial charge < -0.3 is 9.47 Å². The summed E-state index contributed by atoms with van der Waals surface area (Å²) in [5.74, 6) is 1.31. The lowest BCUT2D eigenvalue weighted by Gasteiger charge is -2.13. The van der Waals surface area contributed by atoms with Crippen LogP contribution in [0.1, 0.15) is 22.9 Å². The van der Waals surface area contributed by atoms with Gasteiger partial charge in [0.25, 0.3) is 0 Å². The van der Waals surface area contributed by atoms with Crippen LogP contribution < -0.4 is 14.9 Å². The third-order valence-corrected chi connectivity index (χ3v) is 6.07. The van der Waals surface area contributed by atoms with Crippen molar-refractivity contribution in [3.63, 3.8) is 0 Å². The fourth-order valence-corrected chi connectivity index (χ4v) is 4.21. The number of nitrogens with zero attached hydrogens (tertiary/aromatic N) is 2. The summed E-state index contributed by atoms with van der Waals surface area (Å²) in [6, 6.07) is 23.5. The zero-order chi connectivity index (χ0) is 23.0. The smallest absolute Gasteiger partial charge is 0.204 e. The van der Waals surface area contributed by atoms with Gasteiger partial charge >= 0.3 is 0 Å². The Balaban J connectivity index is 1.44. The first-order valence-electron chi connectivity index (χ1n) is 10.6. The maximum absolute atomic E-state index is 6.23. The van der Waals surface area contributed by atoms with Gasteiger partial charge in [0.15, 0.2) is 11.5 Å². The third-order valence-electron chi connectivity index (χ3n) is 4.83. The van der Waals surface area contributed by atoms with Crippen molar-refractivity contribution >= 4 is 34.3 Å². The summed E-state index contributed by atoms with van der Waals surface area (Å²) in [5, 5.41) is 5.78. The van der Waals surface area contributed by atoms with Crippen LogP contribution in [0.2, 0.25) is 5.02 Å². The molecule has 0 amide bonds. The highest BCUT2D eigenvalue weighted by Gasteiger charge is 2.10. The van der Waals surface area contributed by atoms with Crippen LogP contribution in [0.15, 0.2) is 77.9 Å². The summed E-state index contributed by atoms with van der Waals surface area (Å²) in [5.41, 5.74) is 6.90. The molecule has 1 N–H and O–H groups in total.